The lowest BCUT2D eigenvalue weighted by Crippen LogP contribution is -2.33. The highest BCUT2D eigenvalue weighted by Crippen LogP contribution is 2.32. The Morgan fingerprint density at radius 3 is 2.66 bits per heavy atom. The number of pyridine rings is 1. The van der Waals surface area contributed by atoms with Crippen LogP contribution in [0, 0.1) is 6.92 Å². The van der Waals surface area contributed by atoms with Crippen molar-refractivity contribution in [3.8, 4) is 11.3 Å². The van der Waals surface area contributed by atoms with E-state index in [4.69, 9.17) is 0 Å². The van der Waals surface area contributed by atoms with E-state index in [9.17, 15) is 4.79 Å². The van der Waals surface area contributed by atoms with Crippen LogP contribution in [0.2, 0.25) is 0 Å². The van der Waals surface area contributed by atoms with Crippen molar-refractivity contribution in [3.63, 3.8) is 0 Å². The molecule has 7 nitrogen and oxygen atoms in total. The molecule has 35 heavy (non-hydrogen) atoms. The van der Waals surface area contributed by atoms with Gasteiger partial charge in [-0.05, 0) is 75.0 Å². The summed E-state index contributed by atoms with van der Waals surface area (Å²) in [6.07, 6.45) is 3.10. The van der Waals surface area contributed by atoms with Gasteiger partial charge in [-0.1, -0.05) is 30.3 Å². The van der Waals surface area contributed by atoms with Gasteiger partial charge in [-0.3, -0.25) is 10.1 Å². The van der Waals surface area contributed by atoms with Gasteiger partial charge in [-0.15, -0.1) is 0 Å². The lowest BCUT2D eigenvalue weighted by molar-refractivity contribution is 0.251. The number of carbonyl (C=O) groups excluding carboxylic acids is 1. The number of urea groups is 1. The summed E-state index contributed by atoms with van der Waals surface area (Å²) in [5.41, 5.74) is 7.17. The quantitative estimate of drug-likeness (QED) is 0.373. The summed E-state index contributed by atoms with van der Waals surface area (Å²) in [5, 5.41) is 14.1. The predicted molar refractivity (Wildman–Crippen MR) is 140 cm³/mol. The van der Waals surface area contributed by atoms with Crippen LogP contribution in [0.15, 0.2) is 60.8 Å². The Morgan fingerprint density at radius 1 is 1.09 bits per heavy atom. The number of fused-ring (bicyclic) bond motifs is 2. The average molecular weight is 469 g/mol. The van der Waals surface area contributed by atoms with Gasteiger partial charge in [-0.25, -0.2) is 4.79 Å². The van der Waals surface area contributed by atoms with Crippen molar-refractivity contribution in [2.75, 3.05) is 18.4 Å². The molecule has 180 valence electrons. The normalized spacial score (nSPS) is 17.5. The lowest BCUT2D eigenvalue weighted by atomic mass is 9.99. The van der Waals surface area contributed by atoms with Gasteiger partial charge in [-0.2, -0.15) is 5.10 Å². The monoisotopic (exact) mass is 468 g/mol. The molecule has 7 heteroatoms. The van der Waals surface area contributed by atoms with E-state index in [0.29, 0.717) is 12.6 Å². The van der Waals surface area contributed by atoms with Crippen LogP contribution >= 0.6 is 0 Å². The molecular formula is C28H32N6O. The number of carbonyl (C=O) groups is 1. The number of hydrogen-bond acceptors (Lipinski definition) is 4. The van der Waals surface area contributed by atoms with E-state index in [1.165, 1.54) is 25.1 Å². The molecule has 4 heterocycles. The highest BCUT2D eigenvalue weighted by molar-refractivity contribution is 6.00. The molecule has 1 fully saturated rings. The minimum absolute atomic E-state index is 0.175. The minimum atomic E-state index is -0.175. The van der Waals surface area contributed by atoms with Crippen LogP contribution in [-0.2, 0) is 6.54 Å². The zero-order valence-electron chi connectivity index (χ0n) is 20.5. The van der Waals surface area contributed by atoms with Crippen molar-refractivity contribution in [1.29, 1.82) is 0 Å². The van der Waals surface area contributed by atoms with Crippen LogP contribution in [0.4, 0.5) is 10.5 Å². The number of nitrogens with one attached hydrogen (secondary N) is 3. The largest absolute Gasteiger partial charge is 0.334 e. The van der Waals surface area contributed by atoms with Gasteiger partial charge in [0, 0.05) is 47.7 Å². The number of aromatic amines is 1. The molecule has 0 bridgehead atoms. The van der Waals surface area contributed by atoms with Gasteiger partial charge >= 0.3 is 6.03 Å². The summed E-state index contributed by atoms with van der Waals surface area (Å²) in [5.74, 6) is 0.763. The number of hydrogen-bond donors (Lipinski definition) is 3. The number of H-pyrrole nitrogens is 1. The molecule has 1 atom stereocenters. The van der Waals surface area contributed by atoms with E-state index < -0.39 is 0 Å². The van der Waals surface area contributed by atoms with Gasteiger partial charge in [0.05, 0.1) is 5.52 Å². The highest BCUT2D eigenvalue weighted by Gasteiger charge is 2.24. The number of anilines is 1. The Kier molecular flexibility index (Phi) is 6.51. The maximum atomic E-state index is 11.4. The van der Waals surface area contributed by atoms with E-state index in [1.807, 2.05) is 25.1 Å². The Hall–Kier alpha value is -3.71. The maximum Gasteiger partial charge on any atom is 0.319 e. The number of likely N-dealkylation sites (tertiary alicyclic amines) is 1. The summed E-state index contributed by atoms with van der Waals surface area (Å²) in [6.45, 7) is 9.55. The molecule has 2 aliphatic heterocycles. The lowest BCUT2D eigenvalue weighted by Gasteiger charge is -2.20. The van der Waals surface area contributed by atoms with E-state index in [0.717, 1.165) is 45.0 Å². The van der Waals surface area contributed by atoms with Crippen LogP contribution in [0.1, 0.15) is 43.0 Å². The number of amides is 2. The molecule has 2 amide bonds. The molecule has 2 aromatic heterocycles. The van der Waals surface area contributed by atoms with Crippen molar-refractivity contribution in [1.82, 2.24) is 25.4 Å². The van der Waals surface area contributed by atoms with Gasteiger partial charge in [0.25, 0.3) is 0 Å². The van der Waals surface area contributed by atoms with Crippen LogP contribution < -0.4 is 10.6 Å². The van der Waals surface area contributed by atoms with Gasteiger partial charge in [0.2, 0.25) is 0 Å². The number of benzene rings is 2. The Balaban J connectivity index is 0.000000158. The van der Waals surface area contributed by atoms with Crippen molar-refractivity contribution in [2.24, 2.45) is 0 Å². The predicted octanol–water partition coefficient (Wildman–Crippen LogP) is 5.45. The number of rotatable bonds is 3. The van der Waals surface area contributed by atoms with Crippen LogP contribution in [-0.4, -0.2) is 45.2 Å². The summed E-state index contributed by atoms with van der Waals surface area (Å²) >= 11 is 0. The summed E-state index contributed by atoms with van der Waals surface area (Å²) < 4.78 is 0. The first-order valence-corrected chi connectivity index (χ1v) is 12.3. The van der Waals surface area contributed by atoms with Crippen molar-refractivity contribution in [3.05, 3.63) is 77.6 Å². The van der Waals surface area contributed by atoms with E-state index in [-0.39, 0.29) is 6.03 Å². The van der Waals surface area contributed by atoms with Crippen LogP contribution in [0.25, 0.3) is 22.2 Å². The highest BCUT2D eigenvalue weighted by atomic mass is 16.2. The van der Waals surface area contributed by atoms with Crippen molar-refractivity contribution in [2.45, 2.75) is 45.7 Å². The smallest absolute Gasteiger partial charge is 0.319 e. The van der Waals surface area contributed by atoms with E-state index >= 15 is 0 Å². The molecule has 6 rings (SSSR count). The average Bonchev–Trinajstić information content (AvgIpc) is 3.51. The van der Waals surface area contributed by atoms with Crippen molar-refractivity contribution < 1.29 is 4.79 Å². The molecule has 0 aliphatic carbocycles. The van der Waals surface area contributed by atoms with Gasteiger partial charge < -0.3 is 15.5 Å². The number of aryl methyl sites for hydroxylation is 1. The molecule has 0 saturated carbocycles. The third kappa shape index (κ3) is 5.05. The third-order valence-electron chi connectivity index (χ3n) is 6.87. The van der Waals surface area contributed by atoms with E-state index in [1.54, 1.807) is 6.20 Å². The second kappa shape index (κ2) is 9.88. The zero-order chi connectivity index (χ0) is 24.4. The number of aromatic nitrogens is 3. The maximum absolute atomic E-state index is 11.4. The molecule has 2 aromatic carbocycles. The first-order valence-electron chi connectivity index (χ1n) is 12.3. The fraction of sp³-hybridized carbons (Fsp3) is 0.321. The molecular weight excluding hydrogens is 436 g/mol. The van der Waals surface area contributed by atoms with Crippen LogP contribution in [0.5, 0.6) is 0 Å². The molecule has 0 radical (unpaired) electrons. The summed E-state index contributed by atoms with van der Waals surface area (Å²) in [6, 6.07) is 19.4. The zero-order valence-corrected chi connectivity index (χ0v) is 20.5. The first-order chi connectivity index (χ1) is 17.0. The van der Waals surface area contributed by atoms with Gasteiger partial charge in [0.1, 0.15) is 5.69 Å². The Morgan fingerprint density at radius 2 is 1.91 bits per heavy atom. The Bertz CT molecular complexity index is 1330. The fourth-order valence-corrected chi connectivity index (χ4v) is 4.88. The summed E-state index contributed by atoms with van der Waals surface area (Å²) in [7, 11) is 0. The molecule has 1 saturated heterocycles. The van der Waals surface area contributed by atoms with E-state index in [2.05, 4.69) is 81.0 Å². The molecule has 2 aliphatic rings. The first kappa shape index (κ1) is 23.1. The third-order valence-corrected chi connectivity index (χ3v) is 6.87. The molecule has 4 aromatic rings. The fourth-order valence-electron chi connectivity index (χ4n) is 4.88. The SMILES string of the molecule is CC(C)N1CCC(c2ccccc2)C1.Cc1cc(-c2n[nH]c3cc4c(cc23)CNC(=O)N4)ccn1. The van der Waals surface area contributed by atoms with Crippen LogP contribution in [0.3, 0.4) is 0 Å². The summed E-state index contributed by atoms with van der Waals surface area (Å²) in [4.78, 5) is 18.2. The standard InChI is InChI=1S/C15H13N5O.C13H19N/c1-8-4-9(2-3-16-8)14-11-5-10-7-17-15(21)18-12(10)6-13(11)19-20-14;1-11(2)14-9-8-13(10-14)12-6-4-3-5-7-12/h2-6H,7H2,1H3,(H,19,20)(H2,17,18,21);3-7,11,13H,8-10H2,1-2H3. The topological polar surface area (TPSA) is 85.9 Å². The molecule has 3 N–H and O–H groups in total. The Labute approximate surface area is 206 Å². The minimum Gasteiger partial charge on any atom is -0.334 e. The number of nitrogens with zero attached hydrogens (tertiary/aromatic N) is 3. The molecule has 1 unspecified atom stereocenters. The van der Waals surface area contributed by atoms with Crippen molar-refractivity contribution >= 4 is 22.6 Å². The second-order valence-electron chi connectivity index (χ2n) is 9.61. The molecule has 0 spiro atoms. The van der Waals surface area contributed by atoms with Gasteiger partial charge in [0.15, 0.2) is 0 Å². The second-order valence-corrected chi connectivity index (χ2v) is 9.61.